The Hall–Kier alpha value is -2.54. The summed E-state index contributed by atoms with van der Waals surface area (Å²) in [4.78, 5) is 25.7. The molecule has 1 heterocycles. The van der Waals surface area contributed by atoms with Crippen molar-refractivity contribution >= 4 is 28.2 Å². The smallest absolute Gasteiger partial charge is 0.251 e. The summed E-state index contributed by atoms with van der Waals surface area (Å²) in [5.41, 5.74) is 7.90. The highest BCUT2D eigenvalue weighted by Gasteiger charge is 2.25. The molecule has 0 saturated carbocycles. The number of hydrogen-bond donors (Lipinski definition) is 2. The minimum Gasteiger partial charge on any atom is -0.490 e. The van der Waals surface area contributed by atoms with E-state index in [1.165, 1.54) is 11.3 Å². The molecule has 3 rings (SSSR count). The number of carbonyl (C=O) groups excluding carboxylic acids is 2. The normalized spacial score (nSPS) is 12.9. The number of amides is 2. The lowest BCUT2D eigenvalue weighted by Crippen LogP contribution is -2.19. The molecule has 0 fully saturated rings. The van der Waals surface area contributed by atoms with Crippen molar-refractivity contribution in [2.75, 3.05) is 18.5 Å². The van der Waals surface area contributed by atoms with Gasteiger partial charge in [-0.15, -0.1) is 11.3 Å². The van der Waals surface area contributed by atoms with Crippen LogP contribution in [0.5, 0.6) is 11.5 Å². The first-order chi connectivity index (χ1) is 13.5. The van der Waals surface area contributed by atoms with Crippen molar-refractivity contribution in [3.63, 3.8) is 0 Å². The highest BCUT2D eigenvalue weighted by molar-refractivity contribution is 7.17. The average molecular weight is 403 g/mol. The molecule has 0 saturated heterocycles. The van der Waals surface area contributed by atoms with E-state index in [9.17, 15) is 9.59 Å². The number of hydrogen-bond acceptors (Lipinski definition) is 5. The summed E-state index contributed by atoms with van der Waals surface area (Å²) in [6.45, 7) is 4.87. The van der Waals surface area contributed by atoms with Crippen molar-refractivity contribution in [1.82, 2.24) is 0 Å². The number of nitrogens with one attached hydrogen (secondary N) is 1. The first-order valence-corrected chi connectivity index (χ1v) is 10.5. The molecule has 1 aliphatic rings. The molecule has 2 aromatic rings. The molecule has 0 bridgehead atoms. The molecular weight excluding hydrogens is 376 g/mol. The zero-order valence-corrected chi connectivity index (χ0v) is 17.1. The summed E-state index contributed by atoms with van der Waals surface area (Å²) in [6.07, 6.45) is 4.10. The molecule has 2 amide bonds. The van der Waals surface area contributed by atoms with E-state index < -0.39 is 5.91 Å². The zero-order valence-electron chi connectivity index (χ0n) is 16.3. The fourth-order valence-electron chi connectivity index (χ4n) is 3.48. The maximum absolute atomic E-state index is 12.6. The highest BCUT2D eigenvalue weighted by Crippen LogP contribution is 2.38. The number of ether oxygens (including phenoxy) is 2. The fraction of sp³-hybridized carbons (Fsp3) is 0.429. The molecule has 28 heavy (non-hydrogen) atoms. The van der Waals surface area contributed by atoms with Crippen LogP contribution < -0.4 is 20.5 Å². The first-order valence-electron chi connectivity index (χ1n) is 9.66. The number of carbonyl (C=O) groups is 2. The molecule has 0 radical (unpaired) electrons. The molecule has 7 heteroatoms. The summed E-state index contributed by atoms with van der Waals surface area (Å²) in [6, 6.07) is 5.49. The Balaban J connectivity index is 1.77. The van der Waals surface area contributed by atoms with E-state index in [1.807, 2.05) is 32.0 Å². The van der Waals surface area contributed by atoms with E-state index in [4.69, 9.17) is 15.2 Å². The van der Waals surface area contributed by atoms with Gasteiger partial charge in [0.25, 0.3) is 5.91 Å². The van der Waals surface area contributed by atoms with Crippen LogP contribution in [-0.4, -0.2) is 25.0 Å². The van der Waals surface area contributed by atoms with Gasteiger partial charge in [-0.3, -0.25) is 9.59 Å². The van der Waals surface area contributed by atoms with Crippen molar-refractivity contribution < 1.29 is 19.1 Å². The number of anilines is 1. The number of benzene rings is 1. The van der Waals surface area contributed by atoms with Gasteiger partial charge in [0, 0.05) is 4.88 Å². The van der Waals surface area contributed by atoms with E-state index >= 15 is 0 Å². The van der Waals surface area contributed by atoms with Gasteiger partial charge in [-0.25, -0.2) is 0 Å². The van der Waals surface area contributed by atoms with Crippen LogP contribution in [0.4, 0.5) is 5.00 Å². The minimum atomic E-state index is -0.477. The Morgan fingerprint density at radius 1 is 1.11 bits per heavy atom. The van der Waals surface area contributed by atoms with Crippen LogP contribution >= 0.6 is 11.3 Å². The summed E-state index contributed by atoms with van der Waals surface area (Å²) in [7, 11) is 0. The molecule has 1 aromatic heterocycles. The van der Waals surface area contributed by atoms with Crippen LogP contribution in [0.15, 0.2) is 18.2 Å². The number of nitrogens with two attached hydrogens (primary N) is 1. The van der Waals surface area contributed by atoms with Crippen molar-refractivity contribution in [2.24, 2.45) is 5.73 Å². The zero-order chi connectivity index (χ0) is 20.1. The molecular formula is C21H26N2O4S. The Bertz CT molecular complexity index is 876. The van der Waals surface area contributed by atoms with Crippen molar-refractivity contribution in [2.45, 2.75) is 46.0 Å². The lowest BCUT2D eigenvalue weighted by molar-refractivity contribution is -0.115. The third-order valence-corrected chi connectivity index (χ3v) is 5.85. The summed E-state index contributed by atoms with van der Waals surface area (Å²) < 4.78 is 11.2. The lowest BCUT2D eigenvalue weighted by atomic mass is 9.95. The molecule has 1 aliphatic carbocycles. The monoisotopic (exact) mass is 402 g/mol. The van der Waals surface area contributed by atoms with Gasteiger partial charge in [-0.1, -0.05) is 6.07 Å². The third kappa shape index (κ3) is 4.47. The number of primary amides is 1. The van der Waals surface area contributed by atoms with Gasteiger partial charge in [-0.2, -0.15) is 0 Å². The fourth-order valence-corrected chi connectivity index (χ4v) is 4.79. The quantitative estimate of drug-likeness (QED) is 0.704. The average Bonchev–Trinajstić information content (AvgIpc) is 3.02. The number of fused-ring (bicyclic) bond motifs is 1. The Morgan fingerprint density at radius 2 is 1.82 bits per heavy atom. The molecule has 1 aromatic carbocycles. The van der Waals surface area contributed by atoms with E-state index in [0.717, 1.165) is 41.7 Å². The van der Waals surface area contributed by atoms with Crippen LogP contribution in [0, 0.1) is 0 Å². The predicted molar refractivity (Wildman–Crippen MR) is 111 cm³/mol. The number of aryl methyl sites for hydroxylation is 1. The van der Waals surface area contributed by atoms with Gasteiger partial charge in [0.1, 0.15) is 5.00 Å². The van der Waals surface area contributed by atoms with Crippen molar-refractivity contribution in [1.29, 1.82) is 0 Å². The topological polar surface area (TPSA) is 90.6 Å². The van der Waals surface area contributed by atoms with Gasteiger partial charge < -0.3 is 20.5 Å². The predicted octanol–water partition coefficient (Wildman–Crippen LogP) is 3.70. The Morgan fingerprint density at radius 3 is 2.54 bits per heavy atom. The van der Waals surface area contributed by atoms with E-state index in [1.54, 1.807) is 0 Å². The van der Waals surface area contributed by atoms with E-state index in [0.29, 0.717) is 35.3 Å². The molecule has 3 N–H and O–H groups in total. The Labute approximate surface area is 169 Å². The van der Waals surface area contributed by atoms with E-state index in [-0.39, 0.29) is 12.3 Å². The molecule has 0 aliphatic heterocycles. The van der Waals surface area contributed by atoms with Crippen LogP contribution in [0.2, 0.25) is 0 Å². The van der Waals surface area contributed by atoms with Crippen LogP contribution in [-0.2, 0) is 24.1 Å². The van der Waals surface area contributed by atoms with Gasteiger partial charge >= 0.3 is 0 Å². The Kier molecular flexibility index (Phi) is 6.57. The lowest BCUT2D eigenvalue weighted by Gasteiger charge is -2.12. The van der Waals surface area contributed by atoms with Gasteiger partial charge in [0.15, 0.2) is 11.5 Å². The summed E-state index contributed by atoms with van der Waals surface area (Å²) in [5, 5.41) is 3.47. The van der Waals surface area contributed by atoms with Gasteiger partial charge in [-0.05, 0) is 62.8 Å². The highest BCUT2D eigenvalue weighted by atomic mass is 32.1. The van der Waals surface area contributed by atoms with Crippen LogP contribution in [0.3, 0.4) is 0 Å². The second-order valence-corrected chi connectivity index (χ2v) is 7.76. The molecule has 6 nitrogen and oxygen atoms in total. The SMILES string of the molecule is CCOc1ccc(CC(=O)Nc2sc3c(c2C(N)=O)CCCC3)cc1OCC. The van der Waals surface area contributed by atoms with Crippen molar-refractivity contribution in [3.8, 4) is 11.5 Å². The van der Waals surface area contributed by atoms with Crippen LogP contribution in [0.25, 0.3) is 0 Å². The largest absolute Gasteiger partial charge is 0.490 e. The maximum atomic E-state index is 12.6. The number of rotatable bonds is 8. The summed E-state index contributed by atoms with van der Waals surface area (Å²) in [5.74, 6) is 0.622. The molecule has 0 atom stereocenters. The molecule has 0 spiro atoms. The van der Waals surface area contributed by atoms with Gasteiger partial charge in [0.05, 0.1) is 25.2 Å². The van der Waals surface area contributed by atoms with Crippen LogP contribution in [0.1, 0.15) is 53.1 Å². The van der Waals surface area contributed by atoms with E-state index in [2.05, 4.69) is 5.32 Å². The third-order valence-electron chi connectivity index (χ3n) is 4.64. The summed E-state index contributed by atoms with van der Waals surface area (Å²) >= 11 is 1.47. The number of thiophene rings is 1. The second kappa shape index (κ2) is 9.10. The second-order valence-electron chi connectivity index (χ2n) is 6.65. The van der Waals surface area contributed by atoms with Gasteiger partial charge in [0.2, 0.25) is 5.91 Å². The molecule has 0 unspecified atom stereocenters. The maximum Gasteiger partial charge on any atom is 0.251 e. The standard InChI is InChI=1S/C21H26N2O4S/c1-3-26-15-10-9-13(11-16(15)27-4-2)12-18(24)23-21-19(20(22)25)14-7-5-6-8-17(14)28-21/h9-11H,3-8,12H2,1-2H3,(H2,22,25)(H,23,24). The van der Waals surface area contributed by atoms with Crippen molar-refractivity contribution in [3.05, 3.63) is 39.8 Å². The molecule has 150 valence electrons. The first kappa shape index (κ1) is 20.2. The minimum absolute atomic E-state index is 0.174.